The lowest BCUT2D eigenvalue weighted by Crippen LogP contribution is -2.43. The Balaban J connectivity index is 1.27. The van der Waals surface area contributed by atoms with Crippen LogP contribution < -0.4 is 19.5 Å². The summed E-state index contributed by atoms with van der Waals surface area (Å²) in [7, 11) is 2.87. The van der Waals surface area contributed by atoms with Gasteiger partial charge in [0.15, 0.2) is 11.5 Å². The highest BCUT2D eigenvalue weighted by Crippen LogP contribution is 2.33. The van der Waals surface area contributed by atoms with E-state index in [-0.39, 0.29) is 12.5 Å². The van der Waals surface area contributed by atoms with Crippen LogP contribution >= 0.6 is 0 Å². The van der Waals surface area contributed by atoms with E-state index in [9.17, 15) is 9.59 Å². The highest BCUT2D eigenvalue weighted by molar-refractivity contribution is 5.97. The molecular weight excluding hydrogens is 508 g/mol. The van der Waals surface area contributed by atoms with Gasteiger partial charge in [-0.1, -0.05) is 24.3 Å². The van der Waals surface area contributed by atoms with E-state index >= 15 is 0 Å². The van der Waals surface area contributed by atoms with E-state index in [2.05, 4.69) is 10.3 Å². The van der Waals surface area contributed by atoms with Crippen LogP contribution in [-0.4, -0.2) is 43.2 Å². The third-order valence-corrected chi connectivity index (χ3v) is 7.01. The predicted molar refractivity (Wildman–Crippen MR) is 151 cm³/mol. The molecule has 1 fully saturated rings. The van der Waals surface area contributed by atoms with Crippen molar-refractivity contribution in [2.45, 2.75) is 44.2 Å². The number of rotatable bonds is 10. The first-order chi connectivity index (χ1) is 19.5. The summed E-state index contributed by atoms with van der Waals surface area (Å²) in [5.74, 6) is 1.50. The molecule has 0 aliphatic heterocycles. The molecule has 1 heterocycles. The van der Waals surface area contributed by atoms with Crippen LogP contribution in [0.2, 0.25) is 0 Å². The van der Waals surface area contributed by atoms with Crippen molar-refractivity contribution in [3.63, 3.8) is 0 Å². The fraction of sp³-hybridized carbons (Fsp3) is 0.281. The number of amides is 1. The number of ether oxygens (including phenoxy) is 4. The Kier molecular flexibility index (Phi) is 8.44. The summed E-state index contributed by atoms with van der Waals surface area (Å²) in [6.45, 7) is 0. The number of hydrogen-bond donors (Lipinski definition) is 1. The van der Waals surface area contributed by atoms with Gasteiger partial charge in [-0.25, -0.2) is 4.79 Å². The number of pyridine rings is 1. The maximum absolute atomic E-state index is 13.2. The monoisotopic (exact) mass is 540 g/mol. The Morgan fingerprint density at radius 1 is 0.925 bits per heavy atom. The molecule has 206 valence electrons. The number of carbonyl (C=O) groups excluding carboxylic acids is 2. The van der Waals surface area contributed by atoms with Crippen molar-refractivity contribution in [1.29, 1.82) is 0 Å². The minimum Gasteiger partial charge on any atom is -0.493 e. The number of nitrogens with one attached hydrogen (secondary N) is 1. The number of nitrogens with zero attached hydrogens (tertiary/aromatic N) is 1. The summed E-state index contributed by atoms with van der Waals surface area (Å²) in [6, 6.07) is 21.1. The van der Waals surface area contributed by atoms with Crippen LogP contribution in [0.1, 0.15) is 41.6 Å². The lowest BCUT2D eigenvalue weighted by atomic mass is 10.0. The number of carbonyl (C=O) groups is 2. The molecule has 1 aliphatic rings. The van der Waals surface area contributed by atoms with Crippen LogP contribution in [-0.2, 0) is 16.0 Å². The van der Waals surface area contributed by atoms with E-state index in [1.807, 2.05) is 54.6 Å². The second kappa shape index (κ2) is 12.5. The van der Waals surface area contributed by atoms with Crippen molar-refractivity contribution in [3.05, 3.63) is 90.1 Å². The number of aromatic nitrogens is 1. The number of benzene rings is 3. The third kappa shape index (κ3) is 6.34. The molecule has 1 amide bonds. The standard InChI is InChI=1S/C32H32N2O6/c1-37-29-16-13-22(20-30(29)40-23-7-3-4-8-23)31(35)34-27(32(36)38-2)19-21-11-14-24(15-12-21)39-28-17-18-33-26-10-6-5-9-25(26)28/h5-6,9-18,20,23,27H,3-4,7-8,19H2,1-2H3,(H,34,35). The van der Waals surface area contributed by atoms with Gasteiger partial charge in [-0.2, -0.15) is 0 Å². The molecule has 8 nitrogen and oxygen atoms in total. The van der Waals surface area contributed by atoms with Crippen LogP contribution in [0.25, 0.3) is 10.9 Å². The van der Waals surface area contributed by atoms with Gasteiger partial charge < -0.3 is 24.3 Å². The van der Waals surface area contributed by atoms with Gasteiger partial charge in [-0.15, -0.1) is 0 Å². The van der Waals surface area contributed by atoms with Gasteiger partial charge in [0.1, 0.15) is 17.5 Å². The Morgan fingerprint density at radius 3 is 2.45 bits per heavy atom. The maximum Gasteiger partial charge on any atom is 0.328 e. The molecule has 1 aliphatic carbocycles. The highest BCUT2D eigenvalue weighted by Gasteiger charge is 2.24. The van der Waals surface area contributed by atoms with E-state index in [1.54, 1.807) is 31.5 Å². The third-order valence-electron chi connectivity index (χ3n) is 7.01. The average Bonchev–Trinajstić information content (AvgIpc) is 3.50. The van der Waals surface area contributed by atoms with Crippen LogP contribution in [0.15, 0.2) is 79.0 Å². The molecule has 0 spiro atoms. The Labute approximate surface area is 233 Å². The minimum atomic E-state index is -0.880. The Morgan fingerprint density at radius 2 is 1.70 bits per heavy atom. The van der Waals surface area contributed by atoms with E-state index in [4.69, 9.17) is 18.9 Å². The van der Waals surface area contributed by atoms with E-state index in [0.29, 0.717) is 28.6 Å². The molecule has 40 heavy (non-hydrogen) atoms. The summed E-state index contributed by atoms with van der Waals surface area (Å²) >= 11 is 0. The number of para-hydroxylation sites is 1. The van der Waals surface area contributed by atoms with Crippen molar-refractivity contribution in [1.82, 2.24) is 10.3 Å². The maximum atomic E-state index is 13.2. The SMILES string of the molecule is COC(=O)C(Cc1ccc(Oc2ccnc3ccccc23)cc1)NC(=O)c1ccc(OC)c(OC2CCCC2)c1. The van der Waals surface area contributed by atoms with Gasteiger partial charge in [0.05, 0.1) is 25.8 Å². The molecule has 1 aromatic heterocycles. The topological polar surface area (TPSA) is 96.0 Å². The number of methoxy groups -OCH3 is 2. The predicted octanol–water partition coefficient (Wildman–Crippen LogP) is 5.87. The van der Waals surface area contributed by atoms with E-state index in [0.717, 1.165) is 42.1 Å². The first kappa shape index (κ1) is 27.0. The molecule has 8 heteroatoms. The fourth-order valence-corrected chi connectivity index (χ4v) is 4.89. The summed E-state index contributed by atoms with van der Waals surface area (Å²) in [5.41, 5.74) is 2.06. The molecule has 1 N–H and O–H groups in total. The second-order valence-corrected chi connectivity index (χ2v) is 9.72. The molecular formula is C32H32N2O6. The number of esters is 1. The Hall–Kier alpha value is -4.59. The summed E-state index contributed by atoms with van der Waals surface area (Å²) in [6.07, 6.45) is 6.28. The molecule has 1 unspecified atom stereocenters. The van der Waals surface area contributed by atoms with Crippen molar-refractivity contribution >= 4 is 22.8 Å². The van der Waals surface area contributed by atoms with Gasteiger partial charge in [0, 0.05) is 23.6 Å². The van der Waals surface area contributed by atoms with Gasteiger partial charge in [-0.05, 0) is 79.8 Å². The lowest BCUT2D eigenvalue weighted by molar-refractivity contribution is -0.142. The van der Waals surface area contributed by atoms with Crippen molar-refractivity contribution in [2.24, 2.45) is 0 Å². The van der Waals surface area contributed by atoms with Crippen molar-refractivity contribution in [2.75, 3.05) is 14.2 Å². The molecule has 0 radical (unpaired) electrons. The first-order valence-corrected chi connectivity index (χ1v) is 13.4. The van der Waals surface area contributed by atoms with Gasteiger partial charge >= 0.3 is 5.97 Å². The molecule has 5 rings (SSSR count). The Bertz CT molecular complexity index is 1480. The quantitative estimate of drug-likeness (QED) is 0.251. The van der Waals surface area contributed by atoms with Crippen LogP contribution in [0.4, 0.5) is 0 Å². The van der Waals surface area contributed by atoms with Gasteiger partial charge in [0.2, 0.25) is 0 Å². The van der Waals surface area contributed by atoms with Crippen LogP contribution in [0, 0.1) is 0 Å². The molecule has 4 aromatic rings. The zero-order valence-electron chi connectivity index (χ0n) is 22.6. The molecule has 1 atom stereocenters. The fourth-order valence-electron chi connectivity index (χ4n) is 4.89. The zero-order chi connectivity index (χ0) is 27.9. The largest absolute Gasteiger partial charge is 0.493 e. The van der Waals surface area contributed by atoms with Crippen molar-refractivity contribution in [3.8, 4) is 23.0 Å². The minimum absolute atomic E-state index is 0.110. The van der Waals surface area contributed by atoms with E-state index in [1.165, 1.54) is 7.11 Å². The van der Waals surface area contributed by atoms with E-state index < -0.39 is 17.9 Å². The molecule has 0 bridgehead atoms. The van der Waals surface area contributed by atoms with Crippen LogP contribution in [0.5, 0.6) is 23.0 Å². The smallest absolute Gasteiger partial charge is 0.328 e. The first-order valence-electron chi connectivity index (χ1n) is 13.4. The summed E-state index contributed by atoms with van der Waals surface area (Å²) in [5, 5.41) is 3.73. The highest BCUT2D eigenvalue weighted by atomic mass is 16.5. The average molecular weight is 541 g/mol. The zero-order valence-corrected chi connectivity index (χ0v) is 22.6. The number of hydrogen-bond acceptors (Lipinski definition) is 7. The molecule has 1 saturated carbocycles. The second-order valence-electron chi connectivity index (χ2n) is 9.72. The van der Waals surface area contributed by atoms with Gasteiger partial charge in [-0.3, -0.25) is 9.78 Å². The lowest BCUT2D eigenvalue weighted by Gasteiger charge is -2.19. The van der Waals surface area contributed by atoms with Crippen molar-refractivity contribution < 1.29 is 28.5 Å². The van der Waals surface area contributed by atoms with Crippen LogP contribution in [0.3, 0.4) is 0 Å². The molecule has 0 saturated heterocycles. The number of fused-ring (bicyclic) bond motifs is 1. The summed E-state index contributed by atoms with van der Waals surface area (Å²) < 4.78 is 22.6. The molecule has 3 aromatic carbocycles. The van der Waals surface area contributed by atoms with Gasteiger partial charge in [0.25, 0.3) is 5.91 Å². The summed E-state index contributed by atoms with van der Waals surface area (Å²) in [4.78, 5) is 30.1. The normalized spacial score (nSPS) is 13.9.